The molecule has 1 aromatic carbocycles. The Morgan fingerprint density at radius 2 is 2.06 bits per heavy atom. The summed E-state index contributed by atoms with van der Waals surface area (Å²) in [5.41, 5.74) is 1.93. The molecule has 1 heterocycles. The van der Waals surface area contributed by atoms with E-state index in [9.17, 15) is 4.79 Å². The zero-order valence-electron chi connectivity index (χ0n) is 10.5. The molecular formula is C14H20N2O. The smallest absolute Gasteiger partial charge is 0.251 e. The summed E-state index contributed by atoms with van der Waals surface area (Å²) < 4.78 is 0. The molecule has 3 nitrogen and oxygen atoms in total. The zero-order valence-corrected chi connectivity index (χ0v) is 10.5. The first-order chi connectivity index (χ1) is 8.15. The van der Waals surface area contributed by atoms with Gasteiger partial charge in [0.25, 0.3) is 5.91 Å². The number of carbonyl (C=O) groups is 1. The predicted octanol–water partition coefficient (Wildman–Crippen LogP) is 1.87. The summed E-state index contributed by atoms with van der Waals surface area (Å²) in [7, 11) is 0. The van der Waals surface area contributed by atoms with Gasteiger partial charge < -0.3 is 10.6 Å². The van der Waals surface area contributed by atoms with Gasteiger partial charge in [-0.3, -0.25) is 4.79 Å². The fourth-order valence-electron chi connectivity index (χ4n) is 2.24. The van der Waals surface area contributed by atoms with Crippen molar-refractivity contribution in [2.75, 3.05) is 6.54 Å². The van der Waals surface area contributed by atoms with E-state index in [4.69, 9.17) is 0 Å². The van der Waals surface area contributed by atoms with Crippen LogP contribution in [-0.4, -0.2) is 24.5 Å². The molecule has 0 spiro atoms. The van der Waals surface area contributed by atoms with E-state index in [0.29, 0.717) is 12.1 Å². The second-order valence-corrected chi connectivity index (χ2v) is 4.92. The van der Waals surface area contributed by atoms with Crippen LogP contribution in [-0.2, 0) is 0 Å². The SMILES string of the molecule is Cc1ccc(C(=O)NC2CCNC(C)C2)cc1. The largest absolute Gasteiger partial charge is 0.349 e. The Labute approximate surface area is 103 Å². The number of hydrogen-bond donors (Lipinski definition) is 2. The van der Waals surface area contributed by atoms with Gasteiger partial charge in [-0.15, -0.1) is 0 Å². The van der Waals surface area contributed by atoms with Gasteiger partial charge in [-0.1, -0.05) is 17.7 Å². The van der Waals surface area contributed by atoms with Crippen LogP contribution in [0.5, 0.6) is 0 Å². The molecule has 0 aromatic heterocycles. The molecule has 1 aromatic rings. The van der Waals surface area contributed by atoms with Gasteiger partial charge >= 0.3 is 0 Å². The second-order valence-electron chi connectivity index (χ2n) is 4.92. The van der Waals surface area contributed by atoms with E-state index >= 15 is 0 Å². The third-order valence-electron chi connectivity index (χ3n) is 3.27. The Morgan fingerprint density at radius 1 is 1.35 bits per heavy atom. The van der Waals surface area contributed by atoms with Crippen molar-refractivity contribution in [1.29, 1.82) is 0 Å². The highest BCUT2D eigenvalue weighted by molar-refractivity contribution is 5.94. The lowest BCUT2D eigenvalue weighted by molar-refractivity contribution is 0.0925. The van der Waals surface area contributed by atoms with E-state index in [1.807, 2.05) is 31.2 Å². The number of nitrogens with one attached hydrogen (secondary N) is 2. The van der Waals surface area contributed by atoms with Gasteiger partial charge in [0.2, 0.25) is 0 Å². The van der Waals surface area contributed by atoms with Gasteiger partial charge in [-0.25, -0.2) is 0 Å². The quantitative estimate of drug-likeness (QED) is 0.817. The van der Waals surface area contributed by atoms with Crippen LogP contribution < -0.4 is 10.6 Å². The van der Waals surface area contributed by atoms with E-state index < -0.39 is 0 Å². The first-order valence-corrected chi connectivity index (χ1v) is 6.26. The summed E-state index contributed by atoms with van der Waals surface area (Å²) in [6.07, 6.45) is 2.03. The lowest BCUT2D eigenvalue weighted by Gasteiger charge is -2.28. The minimum atomic E-state index is 0.0455. The average Bonchev–Trinajstić information content (AvgIpc) is 2.29. The highest BCUT2D eigenvalue weighted by Crippen LogP contribution is 2.10. The number of piperidine rings is 1. The first-order valence-electron chi connectivity index (χ1n) is 6.26. The molecule has 0 aliphatic carbocycles. The Bertz CT molecular complexity index is 386. The fraction of sp³-hybridized carbons (Fsp3) is 0.500. The van der Waals surface area contributed by atoms with Gasteiger partial charge in [0.05, 0.1) is 0 Å². The summed E-state index contributed by atoms with van der Waals surface area (Å²) in [5.74, 6) is 0.0455. The summed E-state index contributed by atoms with van der Waals surface area (Å²) in [6, 6.07) is 8.51. The number of benzene rings is 1. The van der Waals surface area contributed by atoms with Crippen molar-refractivity contribution in [3.05, 3.63) is 35.4 Å². The number of aryl methyl sites for hydroxylation is 1. The van der Waals surface area contributed by atoms with Crippen LogP contribution in [0.1, 0.15) is 35.7 Å². The summed E-state index contributed by atoms with van der Waals surface area (Å²) in [4.78, 5) is 12.0. The topological polar surface area (TPSA) is 41.1 Å². The van der Waals surface area contributed by atoms with Gasteiger partial charge in [0.15, 0.2) is 0 Å². The molecule has 1 aliphatic rings. The molecule has 2 N–H and O–H groups in total. The highest BCUT2D eigenvalue weighted by Gasteiger charge is 2.20. The molecule has 0 bridgehead atoms. The van der Waals surface area contributed by atoms with Crippen molar-refractivity contribution in [3.8, 4) is 0 Å². The van der Waals surface area contributed by atoms with Crippen molar-refractivity contribution < 1.29 is 4.79 Å². The molecule has 1 aliphatic heterocycles. The molecule has 17 heavy (non-hydrogen) atoms. The highest BCUT2D eigenvalue weighted by atomic mass is 16.1. The van der Waals surface area contributed by atoms with Crippen LogP contribution in [0, 0.1) is 6.92 Å². The van der Waals surface area contributed by atoms with E-state index in [0.717, 1.165) is 24.9 Å². The Kier molecular flexibility index (Phi) is 3.79. The Balaban J connectivity index is 1.94. The molecular weight excluding hydrogens is 212 g/mol. The monoisotopic (exact) mass is 232 g/mol. The van der Waals surface area contributed by atoms with Crippen LogP contribution in [0.25, 0.3) is 0 Å². The molecule has 92 valence electrons. The van der Waals surface area contributed by atoms with Gasteiger partial charge in [0, 0.05) is 17.6 Å². The second kappa shape index (κ2) is 5.32. The zero-order chi connectivity index (χ0) is 12.3. The van der Waals surface area contributed by atoms with Crippen molar-refractivity contribution >= 4 is 5.91 Å². The first kappa shape index (κ1) is 12.1. The van der Waals surface area contributed by atoms with Crippen molar-refractivity contribution in [2.45, 2.75) is 38.8 Å². The van der Waals surface area contributed by atoms with E-state index in [1.54, 1.807) is 0 Å². The van der Waals surface area contributed by atoms with Crippen LogP contribution >= 0.6 is 0 Å². The van der Waals surface area contributed by atoms with Gasteiger partial charge in [-0.2, -0.15) is 0 Å². The Hall–Kier alpha value is -1.35. The molecule has 0 saturated carbocycles. The summed E-state index contributed by atoms with van der Waals surface area (Å²) in [5, 5.41) is 6.49. The third-order valence-corrected chi connectivity index (χ3v) is 3.27. The standard InChI is InChI=1S/C14H20N2O/c1-10-3-5-12(6-4-10)14(17)16-13-7-8-15-11(2)9-13/h3-6,11,13,15H,7-9H2,1-2H3,(H,16,17). The molecule has 0 radical (unpaired) electrons. The minimum absolute atomic E-state index is 0.0455. The summed E-state index contributed by atoms with van der Waals surface area (Å²) in [6.45, 7) is 5.17. The van der Waals surface area contributed by atoms with Gasteiger partial charge in [-0.05, 0) is 45.4 Å². The Morgan fingerprint density at radius 3 is 2.71 bits per heavy atom. The van der Waals surface area contributed by atoms with Crippen LogP contribution in [0.2, 0.25) is 0 Å². The molecule has 2 atom stereocenters. The minimum Gasteiger partial charge on any atom is -0.349 e. The maximum atomic E-state index is 12.0. The maximum absolute atomic E-state index is 12.0. The van der Waals surface area contributed by atoms with Crippen LogP contribution in [0.3, 0.4) is 0 Å². The van der Waals surface area contributed by atoms with Crippen LogP contribution in [0.15, 0.2) is 24.3 Å². The molecule has 3 heteroatoms. The van der Waals surface area contributed by atoms with E-state index in [2.05, 4.69) is 17.6 Å². The van der Waals surface area contributed by atoms with Crippen molar-refractivity contribution in [3.63, 3.8) is 0 Å². The number of rotatable bonds is 2. The molecule has 1 saturated heterocycles. The number of hydrogen-bond acceptors (Lipinski definition) is 2. The molecule has 1 amide bonds. The molecule has 1 fully saturated rings. The lowest BCUT2D eigenvalue weighted by Crippen LogP contribution is -2.46. The van der Waals surface area contributed by atoms with Crippen molar-refractivity contribution in [1.82, 2.24) is 10.6 Å². The molecule has 2 unspecified atom stereocenters. The van der Waals surface area contributed by atoms with Crippen LogP contribution in [0.4, 0.5) is 0 Å². The molecule has 2 rings (SSSR count). The number of carbonyl (C=O) groups excluding carboxylic acids is 1. The number of amides is 1. The van der Waals surface area contributed by atoms with E-state index in [-0.39, 0.29) is 5.91 Å². The maximum Gasteiger partial charge on any atom is 0.251 e. The summed E-state index contributed by atoms with van der Waals surface area (Å²) >= 11 is 0. The predicted molar refractivity (Wildman–Crippen MR) is 69.1 cm³/mol. The normalized spacial score (nSPS) is 24.4. The average molecular weight is 232 g/mol. The lowest BCUT2D eigenvalue weighted by atomic mass is 10.00. The van der Waals surface area contributed by atoms with Gasteiger partial charge in [0.1, 0.15) is 0 Å². The third kappa shape index (κ3) is 3.30. The fourth-order valence-corrected chi connectivity index (χ4v) is 2.24. The van der Waals surface area contributed by atoms with Crippen molar-refractivity contribution in [2.24, 2.45) is 0 Å². The van der Waals surface area contributed by atoms with E-state index in [1.165, 1.54) is 5.56 Å².